The van der Waals surface area contributed by atoms with Crippen molar-refractivity contribution in [3.63, 3.8) is 0 Å². The van der Waals surface area contributed by atoms with Crippen LogP contribution in [0.1, 0.15) is 43.5 Å². The van der Waals surface area contributed by atoms with Gasteiger partial charge in [0.05, 0.1) is 12.4 Å². The molecule has 1 saturated carbocycles. The van der Waals surface area contributed by atoms with Crippen LogP contribution in [-0.4, -0.2) is 24.2 Å². The zero-order chi connectivity index (χ0) is 20.2. The number of carbonyl (C=O) groups excluding carboxylic acids is 2. The molecule has 0 unspecified atom stereocenters. The van der Waals surface area contributed by atoms with E-state index in [2.05, 4.69) is 5.32 Å². The van der Waals surface area contributed by atoms with Gasteiger partial charge in [-0.15, -0.1) is 11.8 Å². The second-order valence-electron chi connectivity index (χ2n) is 7.45. The van der Waals surface area contributed by atoms with Crippen LogP contribution in [0.15, 0.2) is 48.5 Å². The molecule has 0 radical (unpaired) electrons. The molecular weight excluding hydrogens is 384 g/mol. The van der Waals surface area contributed by atoms with Crippen LogP contribution < -0.4 is 15.0 Å². The Morgan fingerprint density at radius 2 is 1.79 bits per heavy atom. The molecule has 2 fully saturated rings. The third-order valence-electron chi connectivity index (χ3n) is 5.48. The molecule has 6 heteroatoms. The fraction of sp³-hybridized carbons (Fsp3) is 0.391. The summed E-state index contributed by atoms with van der Waals surface area (Å²) in [7, 11) is 0. The van der Waals surface area contributed by atoms with Gasteiger partial charge >= 0.3 is 0 Å². The first kappa shape index (κ1) is 19.8. The number of nitrogens with zero attached hydrogens (tertiary/aromatic N) is 1. The maximum atomic E-state index is 12.5. The highest BCUT2D eigenvalue weighted by atomic mass is 32.2. The summed E-state index contributed by atoms with van der Waals surface area (Å²) in [5, 5.41) is 2.96. The van der Waals surface area contributed by atoms with Crippen LogP contribution in [0.2, 0.25) is 0 Å². The van der Waals surface area contributed by atoms with Crippen LogP contribution in [0.25, 0.3) is 0 Å². The van der Waals surface area contributed by atoms with Gasteiger partial charge in [-0.1, -0.05) is 25.0 Å². The SMILES string of the molecule is CCOc1ccc(N2C(=O)CS[C@H]2c2ccc(NC(=O)C3CCCC3)cc2)cc1. The lowest BCUT2D eigenvalue weighted by atomic mass is 10.1. The molecule has 2 amide bonds. The monoisotopic (exact) mass is 410 g/mol. The van der Waals surface area contributed by atoms with Crippen molar-refractivity contribution in [2.75, 3.05) is 22.6 Å². The molecule has 4 rings (SSSR count). The molecule has 0 bridgehead atoms. The van der Waals surface area contributed by atoms with Crippen molar-refractivity contribution in [2.45, 2.75) is 38.0 Å². The Bertz CT molecular complexity index is 861. The minimum absolute atomic E-state index is 0.0694. The average molecular weight is 411 g/mol. The van der Waals surface area contributed by atoms with E-state index in [1.165, 1.54) is 0 Å². The summed E-state index contributed by atoms with van der Waals surface area (Å²) in [6.07, 6.45) is 4.26. The van der Waals surface area contributed by atoms with Crippen molar-refractivity contribution < 1.29 is 14.3 Å². The first-order chi connectivity index (χ1) is 14.2. The minimum Gasteiger partial charge on any atom is -0.494 e. The number of nitrogens with one attached hydrogen (secondary N) is 1. The van der Waals surface area contributed by atoms with Crippen LogP contribution in [-0.2, 0) is 9.59 Å². The van der Waals surface area contributed by atoms with Crippen molar-refractivity contribution in [1.29, 1.82) is 0 Å². The van der Waals surface area contributed by atoms with E-state index in [1.807, 2.05) is 60.4 Å². The van der Waals surface area contributed by atoms with E-state index in [0.29, 0.717) is 12.4 Å². The Hall–Kier alpha value is -2.47. The van der Waals surface area contributed by atoms with Gasteiger partial charge < -0.3 is 10.1 Å². The number of anilines is 2. The van der Waals surface area contributed by atoms with Gasteiger partial charge in [-0.25, -0.2) is 0 Å². The Kier molecular flexibility index (Phi) is 6.09. The summed E-state index contributed by atoms with van der Waals surface area (Å²) in [4.78, 5) is 26.7. The summed E-state index contributed by atoms with van der Waals surface area (Å²) in [5.41, 5.74) is 2.73. The predicted molar refractivity (Wildman–Crippen MR) is 117 cm³/mol. The highest BCUT2D eigenvalue weighted by molar-refractivity contribution is 8.00. The van der Waals surface area contributed by atoms with Crippen LogP contribution in [0.4, 0.5) is 11.4 Å². The lowest BCUT2D eigenvalue weighted by molar-refractivity contribution is -0.119. The van der Waals surface area contributed by atoms with Crippen molar-refractivity contribution in [2.24, 2.45) is 5.92 Å². The maximum absolute atomic E-state index is 12.5. The fourth-order valence-corrected chi connectivity index (χ4v) is 5.16. The van der Waals surface area contributed by atoms with Gasteiger partial charge in [0.2, 0.25) is 11.8 Å². The third kappa shape index (κ3) is 4.42. The fourth-order valence-electron chi connectivity index (χ4n) is 3.98. The van der Waals surface area contributed by atoms with Gasteiger partial charge in [0.25, 0.3) is 0 Å². The number of ether oxygens (including phenoxy) is 1. The minimum atomic E-state index is -0.0694. The molecule has 2 aromatic carbocycles. The smallest absolute Gasteiger partial charge is 0.238 e. The van der Waals surface area contributed by atoms with E-state index in [4.69, 9.17) is 4.74 Å². The largest absolute Gasteiger partial charge is 0.494 e. The molecule has 0 spiro atoms. The topological polar surface area (TPSA) is 58.6 Å². The second kappa shape index (κ2) is 8.91. The average Bonchev–Trinajstić information content (AvgIpc) is 3.40. The van der Waals surface area contributed by atoms with E-state index in [9.17, 15) is 9.59 Å². The Balaban J connectivity index is 1.47. The van der Waals surface area contributed by atoms with E-state index in [-0.39, 0.29) is 23.1 Å². The van der Waals surface area contributed by atoms with Gasteiger partial charge in [-0.3, -0.25) is 14.5 Å². The van der Waals surface area contributed by atoms with Gasteiger partial charge in [-0.05, 0) is 61.7 Å². The number of hydrogen-bond donors (Lipinski definition) is 1. The molecule has 2 aromatic rings. The number of benzene rings is 2. The molecule has 5 nitrogen and oxygen atoms in total. The van der Waals surface area contributed by atoms with Crippen LogP contribution in [0.3, 0.4) is 0 Å². The van der Waals surface area contributed by atoms with Crippen LogP contribution >= 0.6 is 11.8 Å². The molecule has 152 valence electrons. The summed E-state index contributed by atoms with van der Waals surface area (Å²) < 4.78 is 5.50. The first-order valence-electron chi connectivity index (χ1n) is 10.2. The van der Waals surface area contributed by atoms with Crippen molar-refractivity contribution in [3.8, 4) is 5.75 Å². The zero-order valence-corrected chi connectivity index (χ0v) is 17.4. The molecule has 1 atom stereocenters. The molecule has 1 aliphatic heterocycles. The van der Waals surface area contributed by atoms with Crippen molar-refractivity contribution in [1.82, 2.24) is 0 Å². The molecule has 1 saturated heterocycles. The van der Waals surface area contributed by atoms with E-state index in [0.717, 1.165) is 48.4 Å². The summed E-state index contributed by atoms with van der Waals surface area (Å²) in [6, 6.07) is 15.5. The van der Waals surface area contributed by atoms with Gasteiger partial charge in [-0.2, -0.15) is 0 Å². The molecule has 2 aliphatic rings. The number of rotatable bonds is 6. The van der Waals surface area contributed by atoms with E-state index < -0.39 is 0 Å². The number of carbonyl (C=O) groups is 2. The lowest BCUT2D eigenvalue weighted by Gasteiger charge is -2.24. The molecule has 1 N–H and O–H groups in total. The van der Waals surface area contributed by atoms with Crippen LogP contribution in [0.5, 0.6) is 5.75 Å². The van der Waals surface area contributed by atoms with Crippen molar-refractivity contribution in [3.05, 3.63) is 54.1 Å². The van der Waals surface area contributed by atoms with E-state index in [1.54, 1.807) is 11.8 Å². The second-order valence-corrected chi connectivity index (χ2v) is 8.52. The molecule has 1 aliphatic carbocycles. The van der Waals surface area contributed by atoms with Gasteiger partial charge in [0.1, 0.15) is 11.1 Å². The number of amides is 2. The van der Waals surface area contributed by atoms with Gasteiger partial charge in [0, 0.05) is 17.3 Å². The molecule has 0 aromatic heterocycles. The zero-order valence-electron chi connectivity index (χ0n) is 16.6. The normalized spacial score (nSPS) is 19.6. The first-order valence-corrected chi connectivity index (χ1v) is 11.3. The summed E-state index contributed by atoms with van der Waals surface area (Å²) in [5.74, 6) is 1.62. The predicted octanol–water partition coefficient (Wildman–Crippen LogP) is 4.99. The quantitative estimate of drug-likeness (QED) is 0.729. The molecule has 29 heavy (non-hydrogen) atoms. The number of hydrogen-bond acceptors (Lipinski definition) is 4. The summed E-state index contributed by atoms with van der Waals surface area (Å²) in [6.45, 7) is 2.56. The van der Waals surface area contributed by atoms with Crippen molar-refractivity contribution >= 4 is 35.0 Å². The number of thioether (sulfide) groups is 1. The Morgan fingerprint density at radius 3 is 2.45 bits per heavy atom. The van der Waals surface area contributed by atoms with Gasteiger partial charge in [0.15, 0.2) is 0 Å². The highest BCUT2D eigenvalue weighted by Gasteiger charge is 2.34. The Labute approximate surface area is 175 Å². The Morgan fingerprint density at radius 1 is 1.10 bits per heavy atom. The standard InChI is InChI=1S/C23H26N2O3S/c1-2-28-20-13-11-19(12-14-20)25-21(26)15-29-23(25)17-7-9-18(10-8-17)24-22(27)16-5-3-4-6-16/h7-14,16,23H,2-6,15H2,1H3,(H,24,27)/t23-/m0/s1. The molecular formula is C23H26N2O3S. The lowest BCUT2D eigenvalue weighted by Crippen LogP contribution is -2.27. The maximum Gasteiger partial charge on any atom is 0.238 e. The van der Waals surface area contributed by atoms with Crippen LogP contribution in [0, 0.1) is 5.92 Å². The highest BCUT2D eigenvalue weighted by Crippen LogP contribution is 2.42. The summed E-state index contributed by atoms with van der Waals surface area (Å²) >= 11 is 1.62. The van der Waals surface area contributed by atoms with E-state index >= 15 is 0 Å². The third-order valence-corrected chi connectivity index (χ3v) is 6.70. The molecule has 1 heterocycles.